The van der Waals surface area contributed by atoms with Crippen LogP contribution in [0, 0.1) is 17.0 Å². The van der Waals surface area contributed by atoms with Gasteiger partial charge in [0.25, 0.3) is 5.69 Å². The maximum Gasteiger partial charge on any atom is 0.315 e. The van der Waals surface area contributed by atoms with E-state index in [0.717, 1.165) is 11.8 Å². The number of nitro groups is 1. The van der Waals surface area contributed by atoms with Gasteiger partial charge in [0.2, 0.25) is 0 Å². The molecule has 1 rings (SSSR count). The molecule has 17 heavy (non-hydrogen) atoms. The van der Waals surface area contributed by atoms with Crippen LogP contribution >= 0.6 is 23.4 Å². The Morgan fingerprint density at radius 3 is 2.76 bits per heavy atom. The SMILES string of the molecule is COC(=O)CSc1cc(Cl)cc(C)c1[N+](=O)[O-]. The van der Waals surface area contributed by atoms with Gasteiger partial charge in [-0.25, -0.2) is 0 Å². The first-order valence-electron chi connectivity index (χ1n) is 4.60. The fourth-order valence-electron chi connectivity index (χ4n) is 1.24. The van der Waals surface area contributed by atoms with Crippen LogP contribution in [-0.4, -0.2) is 23.8 Å². The number of hydrogen-bond acceptors (Lipinski definition) is 5. The predicted octanol–water partition coefficient (Wildman–Crippen LogP) is 2.82. The molecule has 0 heterocycles. The monoisotopic (exact) mass is 275 g/mol. The van der Waals surface area contributed by atoms with E-state index in [2.05, 4.69) is 4.74 Å². The summed E-state index contributed by atoms with van der Waals surface area (Å²) in [6.45, 7) is 1.60. The largest absolute Gasteiger partial charge is 0.468 e. The molecule has 0 fully saturated rings. The lowest BCUT2D eigenvalue weighted by atomic mass is 10.2. The Morgan fingerprint density at radius 1 is 1.59 bits per heavy atom. The zero-order valence-corrected chi connectivity index (χ0v) is 10.8. The number of ether oxygens (including phenoxy) is 1. The van der Waals surface area contributed by atoms with E-state index in [0.29, 0.717) is 15.5 Å². The van der Waals surface area contributed by atoms with Crippen molar-refractivity contribution in [3.05, 3.63) is 32.8 Å². The number of aryl methyl sites for hydroxylation is 1. The summed E-state index contributed by atoms with van der Waals surface area (Å²) in [7, 11) is 1.26. The Labute approximate surface area is 107 Å². The molecule has 1 aromatic rings. The number of methoxy groups -OCH3 is 1. The van der Waals surface area contributed by atoms with Gasteiger partial charge in [0.15, 0.2) is 0 Å². The van der Waals surface area contributed by atoms with Crippen LogP contribution in [0.2, 0.25) is 5.02 Å². The molecule has 0 spiro atoms. The lowest BCUT2D eigenvalue weighted by Crippen LogP contribution is -2.04. The van der Waals surface area contributed by atoms with Gasteiger partial charge in [-0.15, -0.1) is 11.8 Å². The maximum absolute atomic E-state index is 11.0. The number of halogens is 1. The van der Waals surface area contributed by atoms with Gasteiger partial charge in [-0.2, -0.15) is 0 Å². The molecule has 0 saturated heterocycles. The number of esters is 1. The minimum atomic E-state index is -0.481. The van der Waals surface area contributed by atoms with Crippen molar-refractivity contribution in [3.8, 4) is 0 Å². The van der Waals surface area contributed by atoms with Gasteiger partial charge < -0.3 is 4.74 Å². The van der Waals surface area contributed by atoms with Crippen LogP contribution in [0.25, 0.3) is 0 Å². The summed E-state index contributed by atoms with van der Waals surface area (Å²) in [5, 5.41) is 11.3. The molecule has 0 aromatic heterocycles. The highest BCUT2D eigenvalue weighted by Gasteiger charge is 2.19. The van der Waals surface area contributed by atoms with Crippen molar-refractivity contribution in [3.63, 3.8) is 0 Å². The molecule has 5 nitrogen and oxygen atoms in total. The zero-order chi connectivity index (χ0) is 13.0. The number of carbonyl (C=O) groups excluding carboxylic acids is 1. The van der Waals surface area contributed by atoms with Gasteiger partial charge >= 0.3 is 5.97 Å². The fourth-order valence-corrected chi connectivity index (χ4v) is 2.56. The van der Waals surface area contributed by atoms with Crippen molar-refractivity contribution in [2.75, 3.05) is 12.9 Å². The number of benzene rings is 1. The van der Waals surface area contributed by atoms with E-state index >= 15 is 0 Å². The summed E-state index contributed by atoms with van der Waals surface area (Å²) in [5.41, 5.74) is 0.443. The fraction of sp³-hybridized carbons (Fsp3) is 0.300. The molecule has 0 aliphatic heterocycles. The van der Waals surface area contributed by atoms with Crippen molar-refractivity contribution in [1.82, 2.24) is 0 Å². The van der Waals surface area contributed by atoms with Crippen molar-refractivity contribution < 1.29 is 14.5 Å². The van der Waals surface area contributed by atoms with E-state index in [9.17, 15) is 14.9 Å². The summed E-state index contributed by atoms with van der Waals surface area (Å²) >= 11 is 6.86. The number of hydrogen-bond donors (Lipinski definition) is 0. The molecule has 1 aromatic carbocycles. The van der Waals surface area contributed by atoms with Gasteiger partial charge in [-0.3, -0.25) is 14.9 Å². The number of rotatable bonds is 4. The van der Waals surface area contributed by atoms with Crippen LogP contribution < -0.4 is 0 Å². The normalized spacial score (nSPS) is 10.1. The quantitative estimate of drug-likeness (QED) is 0.366. The Hall–Kier alpha value is -1.27. The molecule has 0 atom stereocenters. The summed E-state index contributed by atoms with van der Waals surface area (Å²) in [6.07, 6.45) is 0. The molecule has 0 bridgehead atoms. The van der Waals surface area contributed by atoms with Gasteiger partial charge in [-0.05, 0) is 19.1 Å². The minimum absolute atomic E-state index is 0.0110. The predicted molar refractivity (Wildman–Crippen MR) is 65.6 cm³/mol. The first-order valence-corrected chi connectivity index (χ1v) is 5.96. The lowest BCUT2D eigenvalue weighted by molar-refractivity contribution is -0.388. The summed E-state index contributed by atoms with van der Waals surface area (Å²) in [6, 6.07) is 2.99. The first kappa shape index (κ1) is 13.8. The Morgan fingerprint density at radius 2 is 2.24 bits per heavy atom. The van der Waals surface area contributed by atoms with Gasteiger partial charge in [-0.1, -0.05) is 11.6 Å². The number of carbonyl (C=O) groups is 1. The van der Waals surface area contributed by atoms with E-state index in [4.69, 9.17) is 11.6 Å². The molecule has 0 radical (unpaired) electrons. The summed E-state index contributed by atoms with van der Waals surface area (Å²) in [4.78, 5) is 21.8. The third-order valence-electron chi connectivity index (χ3n) is 1.99. The zero-order valence-electron chi connectivity index (χ0n) is 9.23. The van der Waals surface area contributed by atoms with E-state index in [1.54, 1.807) is 6.92 Å². The van der Waals surface area contributed by atoms with Crippen molar-refractivity contribution in [1.29, 1.82) is 0 Å². The van der Waals surface area contributed by atoms with Gasteiger partial charge in [0.1, 0.15) is 0 Å². The average Bonchev–Trinajstić information content (AvgIpc) is 2.24. The molecule has 0 N–H and O–H groups in total. The molecule has 0 unspecified atom stereocenters. The third-order valence-corrected chi connectivity index (χ3v) is 3.21. The highest BCUT2D eigenvalue weighted by atomic mass is 35.5. The van der Waals surface area contributed by atoms with Crippen LogP contribution in [-0.2, 0) is 9.53 Å². The van der Waals surface area contributed by atoms with Gasteiger partial charge in [0.05, 0.1) is 22.7 Å². The lowest BCUT2D eigenvalue weighted by Gasteiger charge is -2.05. The van der Waals surface area contributed by atoms with Crippen LogP contribution in [0.1, 0.15) is 5.56 Å². The molecular weight excluding hydrogens is 266 g/mol. The molecule has 0 aliphatic carbocycles. The second-order valence-corrected chi connectivity index (χ2v) is 4.64. The highest BCUT2D eigenvalue weighted by Crippen LogP contribution is 2.34. The molecule has 7 heteroatoms. The standard InChI is InChI=1S/C10H10ClNO4S/c1-6-3-7(11)4-8(10(6)12(14)15)17-5-9(13)16-2/h3-4H,5H2,1-2H3. The van der Waals surface area contributed by atoms with Crippen LogP contribution in [0.4, 0.5) is 5.69 Å². The third kappa shape index (κ3) is 3.61. The van der Waals surface area contributed by atoms with Crippen molar-refractivity contribution in [2.45, 2.75) is 11.8 Å². The van der Waals surface area contributed by atoms with E-state index in [-0.39, 0.29) is 11.4 Å². The van der Waals surface area contributed by atoms with Crippen LogP contribution in [0.5, 0.6) is 0 Å². The Kier molecular flexibility index (Phi) is 4.77. The number of thioether (sulfide) groups is 1. The maximum atomic E-state index is 11.0. The second kappa shape index (κ2) is 5.88. The molecule has 92 valence electrons. The Bertz CT molecular complexity index is 464. The summed E-state index contributed by atoms with van der Waals surface area (Å²) in [5.74, 6) is -0.432. The molecule has 0 amide bonds. The Balaban J connectivity index is 3.04. The van der Waals surface area contributed by atoms with E-state index in [1.807, 2.05) is 0 Å². The first-order chi connectivity index (χ1) is 7.95. The highest BCUT2D eigenvalue weighted by molar-refractivity contribution is 8.00. The smallest absolute Gasteiger partial charge is 0.315 e. The van der Waals surface area contributed by atoms with Gasteiger partial charge in [0, 0.05) is 10.6 Å². The number of nitro benzene ring substituents is 1. The topological polar surface area (TPSA) is 69.4 Å². The van der Waals surface area contributed by atoms with E-state index < -0.39 is 10.9 Å². The molecular formula is C10H10ClNO4S. The number of nitrogens with zero attached hydrogens (tertiary/aromatic N) is 1. The average molecular weight is 276 g/mol. The second-order valence-electron chi connectivity index (χ2n) is 3.19. The van der Waals surface area contributed by atoms with Crippen LogP contribution in [0.15, 0.2) is 17.0 Å². The minimum Gasteiger partial charge on any atom is -0.468 e. The van der Waals surface area contributed by atoms with Crippen molar-refractivity contribution in [2.24, 2.45) is 0 Å². The molecule has 0 aliphatic rings. The van der Waals surface area contributed by atoms with Crippen molar-refractivity contribution >= 4 is 35.0 Å². The van der Waals surface area contributed by atoms with Crippen LogP contribution in [0.3, 0.4) is 0 Å². The molecule has 0 saturated carbocycles. The van der Waals surface area contributed by atoms with E-state index in [1.165, 1.54) is 19.2 Å². The summed E-state index contributed by atoms with van der Waals surface area (Å²) < 4.78 is 4.47.